The van der Waals surface area contributed by atoms with Crippen LogP contribution in [0.25, 0.3) is 0 Å². The van der Waals surface area contributed by atoms with Crippen LogP contribution in [0, 0.1) is 29.6 Å². The molecule has 3 N–H and O–H groups in total. The third-order valence-corrected chi connectivity index (χ3v) is 5.63. The maximum atomic E-state index is 12.4. The number of aromatic amines is 1. The van der Waals surface area contributed by atoms with E-state index in [1.165, 1.54) is 25.6 Å². The van der Waals surface area contributed by atoms with E-state index in [1.807, 2.05) is 0 Å². The third kappa shape index (κ3) is 2.04. The van der Waals surface area contributed by atoms with E-state index in [0.717, 1.165) is 5.69 Å². The van der Waals surface area contributed by atoms with Crippen molar-refractivity contribution in [2.45, 2.75) is 31.7 Å². The van der Waals surface area contributed by atoms with Gasteiger partial charge in [-0.25, -0.2) is 9.78 Å². The van der Waals surface area contributed by atoms with Gasteiger partial charge < -0.3 is 15.4 Å². The molecule has 0 radical (unpaired) electrons. The van der Waals surface area contributed by atoms with Crippen molar-refractivity contribution < 1.29 is 14.7 Å². The molecule has 0 aliphatic heterocycles. The SMILES string of the molecule is O=C(N[C@@H](Cc1cnc[nH]1)C(=O)O)C1C2C3CCC(C3)C12. The average molecular weight is 289 g/mol. The first kappa shape index (κ1) is 12.9. The van der Waals surface area contributed by atoms with Gasteiger partial charge in [0, 0.05) is 24.2 Å². The summed E-state index contributed by atoms with van der Waals surface area (Å²) in [6.45, 7) is 0. The predicted molar refractivity (Wildman–Crippen MR) is 73.2 cm³/mol. The summed E-state index contributed by atoms with van der Waals surface area (Å²) in [6.07, 6.45) is 7.15. The number of rotatable bonds is 5. The second-order valence-corrected chi connectivity index (χ2v) is 6.69. The Labute approximate surface area is 122 Å². The molecule has 3 aliphatic carbocycles. The van der Waals surface area contributed by atoms with Gasteiger partial charge in [0.1, 0.15) is 6.04 Å². The summed E-state index contributed by atoms with van der Waals surface area (Å²) < 4.78 is 0. The molecule has 4 unspecified atom stereocenters. The van der Waals surface area contributed by atoms with Crippen LogP contribution in [0.5, 0.6) is 0 Å². The highest BCUT2D eigenvalue weighted by Crippen LogP contribution is 2.69. The normalized spacial score (nSPS) is 37.0. The second-order valence-electron chi connectivity index (χ2n) is 6.69. The zero-order valence-electron chi connectivity index (χ0n) is 11.7. The van der Waals surface area contributed by atoms with Gasteiger partial charge in [-0.3, -0.25) is 4.79 Å². The summed E-state index contributed by atoms with van der Waals surface area (Å²) in [4.78, 5) is 30.5. The molecule has 3 saturated carbocycles. The van der Waals surface area contributed by atoms with Gasteiger partial charge in [-0.1, -0.05) is 0 Å². The van der Waals surface area contributed by atoms with Crippen molar-refractivity contribution >= 4 is 11.9 Å². The fourth-order valence-corrected chi connectivity index (χ4v) is 4.76. The number of aromatic nitrogens is 2. The largest absolute Gasteiger partial charge is 0.480 e. The van der Waals surface area contributed by atoms with Crippen LogP contribution < -0.4 is 5.32 Å². The van der Waals surface area contributed by atoms with Crippen molar-refractivity contribution in [3.63, 3.8) is 0 Å². The Bertz CT molecular complexity index is 555. The number of imidazole rings is 1. The fourth-order valence-electron chi connectivity index (χ4n) is 4.76. The first-order valence-corrected chi connectivity index (χ1v) is 7.65. The van der Waals surface area contributed by atoms with Crippen molar-refractivity contribution in [3.05, 3.63) is 18.2 Å². The van der Waals surface area contributed by atoms with Crippen molar-refractivity contribution in [1.82, 2.24) is 15.3 Å². The Morgan fingerprint density at radius 2 is 2.10 bits per heavy atom. The number of H-pyrrole nitrogens is 1. The van der Waals surface area contributed by atoms with Gasteiger partial charge >= 0.3 is 5.97 Å². The molecule has 1 heterocycles. The molecule has 112 valence electrons. The number of carbonyl (C=O) groups is 2. The number of carboxylic acids is 1. The van der Waals surface area contributed by atoms with Gasteiger partial charge in [0.05, 0.1) is 6.33 Å². The molecule has 1 amide bonds. The summed E-state index contributed by atoms with van der Waals surface area (Å²) in [7, 11) is 0. The van der Waals surface area contributed by atoms with Crippen LogP contribution in [0.3, 0.4) is 0 Å². The van der Waals surface area contributed by atoms with E-state index in [1.54, 1.807) is 6.20 Å². The summed E-state index contributed by atoms with van der Waals surface area (Å²) in [5.41, 5.74) is 0.721. The lowest BCUT2D eigenvalue weighted by molar-refractivity contribution is -0.142. The molecular formula is C15H19N3O3. The smallest absolute Gasteiger partial charge is 0.326 e. The van der Waals surface area contributed by atoms with Crippen LogP contribution >= 0.6 is 0 Å². The number of nitrogens with zero attached hydrogens (tertiary/aromatic N) is 1. The Kier molecular flexibility index (Phi) is 2.80. The molecule has 4 rings (SSSR count). The maximum absolute atomic E-state index is 12.4. The summed E-state index contributed by atoms with van der Waals surface area (Å²) >= 11 is 0. The molecule has 5 atom stereocenters. The highest BCUT2D eigenvalue weighted by atomic mass is 16.4. The number of carbonyl (C=O) groups excluding carboxylic acids is 1. The van der Waals surface area contributed by atoms with Crippen molar-refractivity contribution in [3.8, 4) is 0 Å². The number of hydrogen-bond acceptors (Lipinski definition) is 3. The zero-order chi connectivity index (χ0) is 14.6. The molecule has 1 aromatic heterocycles. The fraction of sp³-hybridized carbons (Fsp3) is 0.667. The minimum absolute atomic E-state index is 0.0616. The minimum atomic E-state index is -0.994. The molecule has 0 spiro atoms. The first-order valence-electron chi connectivity index (χ1n) is 7.65. The second kappa shape index (κ2) is 4.58. The quantitative estimate of drug-likeness (QED) is 0.747. The summed E-state index contributed by atoms with van der Waals surface area (Å²) in [5.74, 6) is 1.51. The molecule has 2 bridgehead atoms. The van der Waals surface area contributed by atoms with E-state index in [-0.39, 0.29) is 18.2 Å². The lowest BCUT2D eigenvalue weighted by atomic mass is 10.0. The number of fused-ring (bicyclic) bond motifs is 5. The van der Waals surface area contributed by atoms with Crippen molar-refractivity contribution in [1.29, 1.82) is 0 Å². The number of carboxylic acid groups (broad SMARTS) is 1. The monoisotopic (exact) mass is 289 g/mol. The Morgan fingerprint density at radius 1 is 1.38 bits per heavy atom. The van der Waals surface area contributed by atoms with E-state index >= 15 is 0 Å². The lowest BCUT2D eigenvalue weighted by Gasteiger charge is -2.15. The third-order valence-electron chi connectivity index (χ3n) is 5.63. The van der Waals surface area contributed by atoms with Crippen LogP contribution in [0.2, 0.25) is 0 Å². The van der Waals surface area contributed by atoms with Gasteiger partial charge in [0.15, 0.2) is 0 Å². The van der Waals surface area contributed by atoms with E-state index in [4.69, 9.17) is 0 Å². The standard InChI is InChI=1S/C15H19N3O3/c19-14(13-11-7-1-2-8(3-7)12(11)13)18-10(15(20)21)4-9-5-16-6-17-9/h5-8,10-13H,1-4H2,(H,16,17)(H,18,19)(H,20,21)/t7?,8?,10-,11?,12?,13?/m0/s1. The van der Waals surface area contributed by atoms with E-state index in [2.05, 4.69) is 15.3 Å². The lowest BCUT2D eigenvalue weighted by Crippen LogP contribution is -2.43. The molecule has 3 fully saturated rings. The molecule has 6 nitrogen and oxygen atoms in total. The van der Waals surface area contributed by atoms with Gasteiger partial charge in [0.25, 0.3) is 0 Å². The number of hydrogen-bond donors (Lipinski definition) is 3. The van der Waals surface area contributed by atoms with Crippen molar-refractivity contribution in [2.24, 2.45) is 29.6 Å². The Hall–Kier alpha value is -1.85. The molecule has 21 heavy (non-hydrogen) atoms. The van der Waals surface area contributed by atoms with E-state index in [9.17, 15) is 14.7 Å². The maximum Gasteiger partial charge on any atom is 0.326 e. The van der Waals surface area contributed by atoms with Crippen molar-refractivity contribution in [2.75, 3.05) is 0 Å². The highest BCUT2D eigenvalue weighted by Gasteiger charge is 2.67. The first-order chi connectivity index (χ1) is 10.1. The number of amides is 1. The van der Waals surface area contributed by atoms with Crippen LogP contribution in [0.1, 0.15) is 25.0 Å². The Balaban J connectivity index is 1.40. The Morgan fingerprint density at radius 3 is 2.67 bits per heavy atom. The van der Waals surface area contributed by atoms with Gasteiger partial charge in [-0.15, -0.1) is 0 Å². The van der Waals surface area contributed by atoms with Crippen LogP contribution in [0.4, 0.5) is 0 Å². The molecule has 0 saturated heterocycles. The van der Waals surface area contributed by atoms with Gasteiger partial charge in [-0.05, 0) is 42.9 Å². The predicted octanol–water partition coefficient (Wildman–Crippen LogP) is 0.814. The molecule has 3 aliphatic rings. The minimum Gasteiger partial charge on any atom is -0.480 e. The van der Waals surface area contributed by atoms with Crippen LogP contribution in [-0.4, -0.2) is 33.0 Å². The molecule has 0 aromatic carbocycles. The van der Waals surface area contributed by atoms with Gasteiger partial charge in [-0.2, -0.15) is 0 Å². The molecule has 1 aromatic rings. The van der Waals surface area contributed by atoms with E-state index in [0.29, 0.717) is 23.7 Å². The van der Waals surface area contributed by atoms with E-state index < -0.39 is 12.0 Å². The number of aliphatic carboxylic acids is 1. The number of nitrogens with one attached hydrogen (secondary N) is 2. The summed E-state index contributed by atoms with van der Waals surface area (Å²) in [5, 5.41) is 12.0. The van der Waals surface area contributed by atoms with Crippen LogP contribution in [-0.2, 0) is 16.0 Å². The zero-order valence-corrected chi connectivity index (χ0v) is 11.7. The van der Waals surface area contributed by atoms with Gasteiger partial charge in [0.2, 0.25) is 5.91 Å². The average Bonchev–Trinajstić information content (AvgIpc) is 2.87. The molecular weight excluding hydrogens is 270 g/mol. The topological polar surface area (TPSA) is 95.1 Å². The van der Waals surface area contributed by atoms with Crippen LogP contribution in [0.15, 0.2) is 12.5 Å². The molecule has 6 heteroatoms. The highest BCUT2D eigenvalue weighted by molar-refractivity contribution is 5.87. The summed E-state index contributed by atoms with van der Waals surface area (Å²) in [6, 6.07) is -0.878.